The van der Waals surface area contributed by atoms with Gasteiger partial charge in [-0.15, -0.1) is 0 Å². The van der Waals surface area contributed by atoms with Gasteiger partial charge in [0.15, 0.2) is 0 Å². The Morgan fingerprint density at radius 3 is 1.00 bits per heavy atom. The molecular formula is H4BaP2Zn3. The zero-order chi connectivity index (χ0) is 4.00. The molecule has 0 aliphatic heterocycles. The van der Waals surface area contributed by atoms with Crippen LogP contribution in [0.15, 0.2) is 0 Å². The monoisotopic (exact) mass is 396 g/mol. The van der Waals surface area contributed by atoms with Crippen LogP contribution in [0.3, 0.4) is 0 Å². The van der Waals surface area contributed by atoms with Gasteiger partial charge in [-0.1, -0.05) is 0 Å². The minimum absolute atomic E-state index is 0. The van der Waals surface area contributed by atoms with Crippen molar-refractivity contribution >= 4 is 63.1 Å². The van der Waals surface area contributed by atoms with Crippen LogP contribution in [0.5, 0.6) is 0 Å². The minimum atomic E-state index is 0. The van der Waals surface area contributed by atoms with E-state index in [0.717, 1.165) is 0 Å². The number of rotatable bonds is 0. The Hall–Kier alpha value is 4.04. The van der Waals surface area contributed by atoms with Gasteiger partial charge in [0.25, 0.3) is 0 Å². The van der Waals surface area contributed by atoms with Gasteiger partial charge in [0, 0.05) is 19.5 Å². The minimum Gasteiger partial charge on any atom is 0 e. The summed E-state index contributed by atoms with van der Waals surface area (Å²) in [4.78, 5) is 0. The second-order valence-corrected chi connectivity index (χ2v) is 0. The molecule has 0 unspecified atom stereocenters. The van der Waals surface area contributed by atoms with Crippen LogP contribution in [0.4, 0.5) is 0 Å². The predicted molar refractivity (Wildman–Crippen MR) is 24.6 cm³/mol. The molecule has 0 fully saturated rings. The molecular weight excluding hydrogens is 395 g/mol. The van der Waals surface area contributed by atoms with Gasteiger partial charge in [-0.05, 0) is 0 Å². The van der Waals surface area contributed by atoms with Gasteiger partial charge >= 0.3 is 97.8 Å². The van der Waals surface area contributed by atoms with Gasteiger partial charge in [0.1, 0.15) is 0 Å². The molecule has 0 aromatic heterocycles. The zero-order valence-corrected chi connectivity index (χ0v) is 19.2. The van der Waals surface area contributed by atoms with Gasteiger partial charge in [-0.3, -0.25) is 0 Å². The van der Waals surface area contributed by atoms with Crippen molar-refractivity contribution in [1.82, 2.24) is 0 Å². The van der Waals surface area contributed by atoms with E-state index in [-0.39, 0.29) is 71.2 Å². The van der Waals surface area contributed by atoms with Gasteiger partial charge in [0.2, 0.25) is 0 Å². The maximum absolute atomic E-state index is 3.10. The molecule has 0 aliphatic carbocycles. The smallest absolute Gasteiger partial charge is 0 e. The van der Waals surface area contributed by atoms with Gasteiger partial charge < -0.3 is 2.85 Å². The SMILES string of the molecule is [Ba+2].[H-].[H-].[PH]=[Zn].[PH]=[Zn].[Zn]. The molecule has 0 saturated carbocycles. The molecule has 0 spiro atoms. The van der Waals surface area contributed by atoms with Crippen molar-refractivity contribution < 1.29 is 57.0 Å². The largest absolute Gasteiger partial charge is 0 e. The molecule has 0 heterocycles. The Morgan fingerprint density at radius 2 is 1.00 bits per heavy atom. The average molecular weight is 399 g/mol. The van der Waals surface area contributed by atoms with Crippen molar-refractivity contribution in [1.29, 1.82) is 0 Å². The molecule has 6 heteroatoms. The molecule has 0 radical (unpaired) electrons. The van der Waals surface area contributed by atoms with Crippen LogP contribution in [0, 0.1) is 0 Å². The van der Waals surface area contributed by atoms with Crippen LogP contribution >= 0.6 is 14.2 Å². The van der Waals surface area contributed by atoms with E-state index in [2.05, 4.69) is 14.2 Å². The van der Waals surface area contributed by atoms with Gasteiger partial charge in [-0.25, -0.2) is 0 Å². The van der Waals surface area contributed by atoms with Crippen molar-refractivity contribution in [3.8, 4) is 0 Å². The van der Waals surface area contributed by atoms with E-state index in [4.69, 9.17) is 0 Å². The molecule has 0 aliphatic rings. The zero-order valence-electron chi connectivity index (χ0n) is 5.83. The molecule has 22 valence electrons. The van der Waals surface area contributed by atoms with Crippen LogP contribution < -0.4 is 0 Å². The second-order valence-electron chi connectivity index (χ2n) is 0. The van der Waals surface area contributed by atoms with Crippen LogP contribution in [-0.4, -0.2) is 48.9 Å². The normalized spacial score (nSPS) is 2.00. The van der Waals surface area contributed by atoms with Gasteiger partial charge in [0.05, 0.1) is 0 Å². The van der Waals surface area contributed by atoms with Crippen LogP contribution in [0.2, 0.25) is 0 Å². The molecule has 0 atom stereocenters. The summed E-state index contributed by atoms with van der Waals surface area (Å²) in [6.07, 6.45) is 0. The third kappa shape index (κ3) is 24.4. The van der Waals surface area contributed by atoms with E-state index in [0.29, 0.717) is 0 Å². The quantitative estimate of drug-likeness (QED) is 0.422. The summed E-state index contributed by atoms with van der Waals surface area (Å²) in [5.41, 5.74) is 0. The van der Waals surface area contributed by atoms with Crippen LogP contribution in [-0.2, 0) is 54.1 Å². The maximum Gasteiger partial charge on any atom is 0 e. The standard InChI is InChI=1S/Ba.2HP.3Zn.2H/h;2*1H;;;;;/q+2;;;;;;2*-1. The average Bonchev–Trinajstić information content (AvgIpc) is 1.50. The molecule has 0 aromatic rings. The van der Waals surface area contributed by atoms with E-state index >= 15 is 0 Å². The molecule has 0 rings (SSSR count). The first-order valence-electron chi connectivity index (χ1n) is 0.707. The fourth-order valence-corrected chi connectivity index (χ4v) is 0. The Bertz CT molecular complexity index is 17.2. The summed E-state index contributed by atoms with van der Waals surface area (Å²) >= 11 is 2.36. The summed E-state index contributed by atoms with van der Waals surface area (Å²) in [5.74, 6) is 0. The van der Waals surface area contributed by atoms with E-state index < -0.39 is 0 Å². The Kier molecular flexibility index (Phi) is 134. The van der Waals surface area contributed by atoms with Crippen molar-refractivity contribution in [3.63, 3.8) is 0 Å². The number of hydrogen-bond acceptors (Lipinski definition) is 0. The van der Waals surface area contributed by atoms with Crippen molar-refractivity contribution in [3.05, 3.63) is 0 Å². The van der Waals surface area contributed by atoms with E-state index in [9.17, 15) is 0 Å². The van der Waals surface area contributed by atoms with Gasteiger partial charge in [-0.2, -0.15) is 0 Å². The summed E-state index contributed by atoms with van der Waals surface area (Å²) < 4.78 is 0. The molecule has 0 amide bonds. The molecule has 0 aromatic carbocycles. The molecule has 0 saturated heterocycles. The topological polar surface area (TPSA) is 0 Å². The molecule has 0 nitrogen and oxygen atoms in total. The summed E-state index contributed by atoms with van der Waals surface area (Å²) in [6, 6.07) is 0. The third-order valence-electron chi connectivity index (χ3n) is 0. The predicted octanol–water partition coefficient (Wildman–Crippen LogP) is 1.02. The van der Waals surface area contributed by atoms with Crippen molar-refractivity contribution in [2.24, 2.45) is 0 Å². The molecule has 0 bridgehead atoms. The third-order valence-corrected chi connectivity index (χ3v) is 0. The van der Waals surface area contributed by atoms with Crippen LogP contribution in [0.25, 0.3) is 0 Å². The molecule has 0 N–H and O–H groups in total. The Labute approximate surface area is 117 Å². The Morgan fingerprint density at radius 1 is 1.00 bits per heavy atom. The van der Waals surface area contributed by atoms with Crippen LogP contribution in [0.1, 0.15) is 2.85 Å². The summed E-state index contributed by atoms with van der Waals surface area (Å²) in [7, 11) is 6.19. The fraction of sp³-hybridized carbons (Fsp3) is 0. The molecule has 6 heavy (non-hydrogen) atoms. The van der Waals surface area contributed by atoms with E-state index in [1.807, 2.05) is 0 Å². The summed E-state index contributed by atoms with van der Waals surface area (Å²) in [5, 5.41) is 0. The fourth-order valence-electron chi connectivity index (χ4n) is 0. The second kappa shape index (κ2) is 35.8. The number of hydrogen-bond donors (Lipinski definition) is 0. The summed E-state index contributed by atoms with van der Waals surface area (Å²) in [6.45, 7) is 0. The van der Waals surface area contributed by atoms with Crippen molar-refractivity contribution in [2.45, 2.75) is 0 Å². The van der Waals surface area contributed by atoms with Crippen molar-refractivity contribution in [2.75, 3.05) is 0 Å². The first-order chi connectivity index (χ1) is 2.00. The van der Waals surface area contributed by atoms with E-state index in [1.54, 1.807) is 0 Å². The Balaban J connectivity index is -0.00000000167. The maximum atomic E-state index is 3.10. The first kappa shape index (κ1) is 22.5. The van der Waals surface area contributed by atoms with E-state index in [1.165, 1.54) is 34.7 Å². The first-order valence-corrected chi connectivity index (χ1v) is 11.0.